The molecule has 1 aromatic rings. The number of nitrogens with one attached hydrogen (secondary N) is 1. The monoisotopic (exact) mass is 279 g/mol. The van der Waals surface area contributed by atoms with Gasteiger partial charge in [-0.15, -0.1) is 0 Å². The first-order chi connectivity index (χ1) is 9.49. The molecular weight excluding hydrogens is 253 g/mol. The fraction of sp³-hybridized carbons (Fsp3) is 0.625. The van der Waals surface area contributed by atoms with Crippen LogP contribution in [0, 0.1) is 11.7 Å². The van der Waals surface area contributed by atoms with E-state index in [2.05, 4.69) is 31.3 Å². The van der Waals surface area contributed by atoms with Crippen LogP contribution in [0.25, 0.3) is 0 Å². The van der Waals surface area contributed by atoms with E-state index in [1.807, 2.05) is 6.07 Å². The Kier molecular flexibility index (Phi) is 4.78. The highest BCUT2D eigenvalue weighted by atomic mass is 19.1. The summed E-state index contributed by atoms with van der Waals surface area (Å²) in [6.07, 6.45) is 4.52. The predicted octanol–water partition coefficient (Wildman–Crippen LogP) is 2.84. The third kappa shape index (κ3) is 2.87. The predicted molar refractivity (Wildman–Crippen MR) is 80.5 cm³/mol. The summed E-state index contributed by atoms with van der Waals surface area (Å²) in [5.41, 5.74) is 3.82. The van der Waals surface area contributed by atoms with Crippen LogP contribution in [-0.4, -0.2) is 24.5 Å². The van der Waals surface area contributed by atoms with E-state index in [0.717, 1.165) is 24.3 Å². The smallest absolute Gasteiger partial charge is 0.123 e. The topological polar surface area (TPSA) is 41.3 Å². The molecule has 0 spiro atoms. The van der Waals surface area contributed by atoms with E-state index in [9.17, 15) is 4.39 Å². The zero-order valence-electron chi connectivity index (χ0n) is 12.7. The SMILES string of the molecule is CC1CCC(C(NN)c2cccc(F)c2)(N(C)C)CC1. The lowest BCUT2D eigenvalue weighted by molar-refractivity contribution is 0.0427. The standard InChI is InChI=1S/C16H26FN3/c1-12-7-9-16(10-8-12,20(2)3)15(19-18)13-5-4-6-14(17)11-13/h4-6,11-12,15,19H,7-10,18H2,1-3H3. The highest BCUT2D eigenvalue weighted by molar-refractivity contribution is 5.24. The Morgan fingerprint density at radius 2 is 2.00 bits per heavy atom. The van der Waals surface area contributed by atoms with E-state index in [-0.39, 0.29) is 17.4 Å². The summed E-state index contributed by atoms with van der Waals surface area (Å²) in [5, 5.41) is 0. The van der Waals surface area contributed by atoms with Gasteiger partial charge in [-0.25, -0.2) is 4.39 Å². The van der Waals surface area contributed by atoms with Crippen LogP contribution in [0.4, 0.5) is 4.39 Å². The number of hydrogen-bond donors (Lipinski definition) is 2. The van der Waals surface area contributed by atoms with Gasteiger partial charge in [0.1, 0.15) is 5.82 Å². The molecule has 0 aliphatic heterocycles. The van der Waals surface area contributed by atoms with Crippen LogP contribution in [0.3, 0.4) is 0 Å². The lowest BCUT2D eigenvalue weighted by Crippen LogP contribution is -2.56. The van der Waals surface area contributed by atoms with Gasteiger partial charge in [-0.1, -0.05) is 19.1 Å². The lowest BCUT2D eigenvalue weighted by atomic mass is 9.70. The number of benzene rings is 1. The third-order valence-corrected chi connectivity index (χ3v) is 4.92. The molecule has 1 unspecified atom stereocenters. The number of nitrogens with two attached hydrogens (primary N) is 1. The highest BCUT2D eigenvalue weighted by Crippen LogP contribution is 2.43. The van der Waals surface area contributed by atoms with Crippen LogP contribution in [0.1, 0.15) is 44.2 Å². The van der Waals surface area contributed by atoms with Crippen molar-refractivity contribution in [1.29, 1.82) is 0 Å². The summed E-state index contributed by atoms with van der Waals surface area (Å²) in [6.45, 7) is 2.30. The summed E-state index contributed by atoms with van der Waals surface area (Å²) >= 11 is 0. The molecule has 4 heteroatoms. The van der Waals surface area contributed by atoms with Crippen LogP contribution < -0.4 is 11.3 Å². The zero-order valence-corrected chi connectivity index (χ0v) is 12.7. The molecule has 0 radical (unpaired) electrons. The average molecular weight is 279 g/mol. The van der Waals surface area contributed by atoms with Crippen molar-refractivity contribution in [3.05, 3.63) is 35.6 Å². The lowest BCUT2D eigenvalue weighted by Gasteiger charge is -2.49. The molecule has 1 atom stereocenters. The molecule has 3 nitrogen and oxygen atoms in total. The molecule has 1 aliphatic rings. The second-order valence-corrected chi connectivity index (χ2v) is 6.34. The molecule has 112 valence electrons. The maximum atomic E-state index is 13.5. The number of rotatable bonds is 4. The van der Waals surface area contributed by atoms with E-state index >= 15 is 0 Å². The second-order valence-electron chi connectivity index (χ2n) is 6.34. The molecule has 1 aliphatic carbocycles. The van der Waals surface area contributed by atoms with Crippen LogP contribution in [0.5, 0.6) is 0 Å². The maximum Gasteiger partial charge on any atom is 0.123 e. The van der Waals surface area contributed by atoms with Gasteiger partial charge in [-0.3, -0.25) is 11.3 Å². The first-order valence-corrected chi connectivity index (χ1v) is 7.38. The van der Waals surface area contributed by atoms with Crippen molar-refractivity contribution < 1.29 is 4.39 Å². The van der Waals surface area contributed by atoms with Gasteiger partial charge in [0.15, 0.2) is 0 Å². The molecule has 1 saturated carbocycles. The Morgan fingerprint density at radius 3 is 2.50 bits per heavy atom. The molecule has 0 heterocycles. The van der Waals surface area contributed by atoms with Gasteiger partial charge in [0.2, 0.25) is 0 Å². The first-order valence-electron chi connectivity index (χ1n) is 7.38. The van der Waals surface area contributed by atoms with Crippen LogP contribution >= 0.6 is 0 Å². The fourth-order valence-corrected chi connectivity index (χ4v) is 3.50. The summed E-state index contributed by atoms with van der Waals surface area (Å²) < 4.78 is 13.5. The molecule has 3 N–H and O–H groups in total. The van der Waals surface area contributed by atoms with E-state index < -0.39 is 0 Å². The van der Waals surface area contributed by atoms with Crippen molar-refractivity contribution in [3.63, 3.8) is 0 Å². The van der Waals surface area contributed by atoms with Gasteiger partial charge in [-0.05, 0) is 63.4 Å². The molecule has 1 fully saturated rings. The Labute approximate surface area is 121 Å². The first kappa shape index (κ1) is 15.4. The largest absolute Gasteiger partial charge is 0.302 e. The minimum absolute atomic E-state index is 0.0466. The molecule has 1 aromatic carbocycles. The number of hydrogen-bond acceptors (Lipinski definition) is 3. The third-order valence-electron chi connectivity index (χ3n) is 4.92. The summed E-state index contributed by atoms with van der Waals surface area (Å²) in [5.74, 6) is 6.40. The Bertz CT molecular complexity index is 439. The van der Waals surface area contributed by atoms with E-state index in [1.165, 1.54) is 18.9 Å². The highest BCUT2D eigenvalue weighted by Gasteiger charge is 2.43. The van der Waals surface area contributed by atoms with Gasteiger partial charge < -0.3 is 4.90 Å². The number of hydrazine groups is 1. The number of nitrogens with zero attached hydrogens (tertiary/aromatic N) is 1. The van der Waals surface area contributed by atoms with Crippen molar-refractivity contribution in [2.24, 2.45) is 11.8 Å². The van der Waals surface area contributed by atoms with E-state index in [0.29, 0.717) is 0 Å². The normalized spacial score (nSPS) is 28.6. The fourth-order valence-electron chi connectivity index (χ4n) is 3.50. The van der Waals surface area contributed by atoms with Crippen LogP contribution in [-0.2, 0) is 0 Å². The van der Waals surface area contributed by atoms with Crippen LogP contribution in [0.15, 0.2) is 24.3 Å². The molecule has 2 rings (SSSR count). The maximum absolute atomic E-state index is 13.5. The van der Waals surface area contributed by atoms with E-state index in [1.54, 1.807) is 12.1 Å². The van der Waals surface area contributed by atoms with Crippen molar-refractivity contribution in [3.8, 4) is 0 Å². The average Bonchev–Trinajstić information content (AvgIpc) is 2.42. The van der Waals surface area contributed by atoms with Crippen molar-refractivity contribution in [2.75, 3.05) is 14.1 Å². The van der Waals surface area contributed by atoms with Gasteiger partial charge in [0, 0.05) is 5.54 Å². The van der Waals surface area contributed by atoms with Gasteiger partial charge in [0.05, 0.1) is 6.04 Å². The molecule has 0 amide bonds. The number of halogens is 1. The van der Waals surface area contributed by atoms with E-state index in [4.69, 9.17) is 5.84 Å². The van der Waals surface area contributed by atoms with Crippen molar-refractivity contribution >= 4 is 0 Å². The minimum atomic E-state index is -0.208. The minimum Gasteiger partial charge on any atom is -0.302 e. The van der Waals surface area contributed by atoms with Gasteiger partial charge in [0.25, 0.3) is 0 Å². The molecule has 0 aromatic heterocycles. The van der Waals surface area contributed by atoms with Gasteiger partial charge in [-0.2, -0.15) is 0 Å². The quantitative estimate of drug-likeness (QED) is 0.658. The zero-order chi connectivity index (χ0) is 14.8. The summed E-state index contributed by atoms with van der Waals surface area (Å²) in [6, 6.07) is 6.72. The molecular formula is C16H26FN3. The van der Waals surface area contributed by atoms with Crippen molar-refractivity contribution in [1.82, 2.24) is 10.3 Å². The molecule has 0 bridgehead atoms. The van der Waals surface area contributed by atoms with Crippen molar-refractivity contribution in [2.45, 2.75) is 44.2 Å². The summed E-state index contributed by atoms with van der Waals surface area (Å²) in [4.78, 5) is 2.26. The molecule has 0 saturated heterocycles. The summed E-state index contributed by atoms with van der Waals surface area (Å²) in [7, 11) is 4.19. The molecule has 20 heavy (non-hydrogen) atoms. The Balaban J connectivity index is 2.35. The Hall–Kier alpha value is -0.970. The Morgan fingerprint density at radius 1 is 1.35 bits per heavy atom. The second kappa shape index (κ2) is 6.20. The van der Waals surface area contributed by atoms with Crippen LogP contribution in [0.2, 0.25) is 0 Å². The van der Waals surface area contributed by atoms with Gasteiger partial charge >= 0.3 is 0 Å². The number of likely N-dealkylation sites (N-methyl/N-ethyl adjacent to an activating group) is 1.